The molecule has 0 nitrogen and oxygen atoms in total. The zero-order valence-corrected chi connectivity index (χ0v) is 10.4. The lowest BCUT2D eigenvalue weighted by Crippen LogP contribution is -2.06. The molecule has 1 aliphatic rings. The van der Waals surface area contributed by atoms with E-state index in [0.717, 1.165) is 11.8 Å². The molecule has 2 rings (SSSR count). The summed E-state index contributed by atoms with van der Waals surface area (Å²) < 4.78 is 0. The van der Waals surface area contributed by atoms with Gasteiger partial charge in [-0.15, -0.1) is 0 Å². The molecule has 0 fully saturated rings. The first-order valence-corrected chi connectivity index (χ1v) is 6.23. The van der Waals surface area contributed by atoms with Crippen LogP contribution in [0.3, 0.4) is 0 Å². The molecule has 0 aromatic heterocycles. The lowest BCUT2D eigenvalue weighted by atomic mass is 9.84. The normalized spacial score (nSPS) is 20.0. The second-order valence-electron chi connectivity index (χ2n) is 5.46. The molecule has 0 radical (unpaired) electrons. The summed E-state index contributed by atoms with van der Waals surface area (Å²) in [7, 11) is 0. The van der Waals surface area contributed by atoms with Crippen LogP contribution in [-0.2, 0) is 6.42 Å². The van der Waals surface area contributed by atoms with Crippen LogP contribution in [0.2, 0.25) is 0 Å². The van der Waals surface area contributed by atoms with Gasteiger partial charge in [0.2, 0.25) is 0 Å². The Balaban J connectivity index is 2.48. The first kappa shape index (κ1) is 10.7. The Bertz CT molecular complexity index is 347. The van der Waals surface area contributed by atoms with Crippen molar-refractivity contribution in [1.29, 1.82) is 0 Å². The molecule has 15 heavy (non-hydrogen) atoms. The Morgan fingerprint density at radius 2 is 1.87 bits per heavy atom. The summed E-state index contributed by atoms with van der Waals surface area (Å²) in [6, 6.07) is 6.88. The molecule has 0 heteroatoms. The zero-order chi connectivity index (χ0) is 11.0. The van der Waals surface area contributed by atoms with Gasteiger partial charge in [-0.3, -0.25) is 0 Å². The van der Waals surface area contributed by atoms with Crippen LogP contribution in [0.1, 0.15) is 62.6 Å². The summed E-state index contributed by atoms with van der Waals surface area (Å²) in [6.07, 6.45) is 2.65. The van der Waals surface area contributed by atoms with E-state index in [9.17, 15) is 0 Å². The molecule has 1 aromatic rings. The average molecular weight is 202 g/mol. The summed E-state index contributed by atoms with van der Waals surface area (Å²) in [5.41, 5.74) is 4.88. The molecular formula is C15H22. The van der Waals surface area contributed by atoms with Gasteiger partial charge in [-0.05, 0) is 47.3 Å². The van der Waals surface area contributed by atoms with Gasteiger partial charge in [-0.1, -0.05) is 45.9 Å². The molecule has 0 aliphatic heterocycles. The Kier molecular flexibility index (Phi) is 2.86. The number of fused-ring (bicyclic) bond motifs is 1. The highest BCUT2D eigenvalue weighted by atomic mass is 14.3. The minimum Gasteiger partial charge on any atom is -0.0622 e. The molecule has 0 spiro atoms. The number of rotatable bonds is 2. The van der Waals surface area contributed by atoms with Gasteiger partial charge >= 0.3 is 0 Å². The van der Waals surface area contributed by atoms with Crippen LogP contribution in [0.15, 0.2) is 18.2 Å². The van der Waals surface area contributed by atoms with Gasteiger partial charge in [0.25, 0.3) is 0 Å². The first-order valence-electron chi connectivity index (χ1n) is 6.23. The Labute approximate surface area is 93.7 Å². The molecule has 0 bridgehead atoms. The molecule has 0 saturated heterocycles. The molecule has 1 aromatic carbocycles. The van der Waals surface area contributed by atoms with Crippen LogP contribution < -0.4 is 0 Å². The highest BCUT2D eigenvalue weighted by molar-refractivity contribution is 5.43. The van der Waals surface area contributed by atoms with Crippen molar-refractivity contribution >= 4 is 0 Å². The van der Waals surface area contributed by atoms with Gasteiger partial charge in [0.1, 0.15) is 0 Å². The minimum atomic E-state index is 0.666. The first-order chi connectivity index (χ1) is 7.11. The van der Waals surface area contributed by atoms with Crippen molar-refractivity contribution in [2.75, 3.05) is 0 Å². The average Bonchev–Trinajstić information content (AvgIpc) is 2.60. The highest BCUT2D eigenvalue weighted by Crippen LogP contribution is 2.42. The van der Waals surface area contributed by atoms with Crippen LogP contribution in [0, 0.1) is 5.92 Å². The lowest BCUT2D eigenvalue weighted by molar-refractivity contribution is 0.492. The van der Waals surface area contributed by atoms with Crippen molar-refractivity contribution in [3.8, 4) is 0 Å². The van der Waals surface area contributed by atoms with E-state index in [1.807, 2.05) is 0 Å². The minimum absolute atomic E-state index is 0.666. The maximum atomic E-state index is 2.36. The van der Waals surface area contributed by atoms with Crippen molar-refractivity contribution in [1.82, 2.24) is 0 Å². The number of benzene rings is 1. The lowest BCUT2D eigenvalue weighted by Gasteiger charge is -2.21. The van der Waals surface area contributed by atoms with E-state index in [1.165, 1.54) is 12.8 Å². The van der Waals surface area contributed by atoms with Crippen molar-refractivity contribution < 1.29 is 0 Å². The van der Waals surface area contributed by atoms with Crippen molar-refractivity contribution in [2.24, 2.45) is 5.92 Å². The van der Waals surface area contributed by atoms with Gasteiger partial charge in [0.15, 0.2) is 0 Å². The third kappa shape index (κ3) is 1.82. The Hall–Kier alpha value is -0.780. The smallest absolute Gasteiger partial charge is 0.0130 e. The fraction of sp³-hybridized carbons (Fsp3) is 0.600. The monoisotopic (exact) mass is 202 g/mol. The standard InChI is InChI=1S/C15H22/c1-10(2)13-7-5-6-12-8-9-14(11(3)4)15(12)13/h5-7,10-11,14H,8-9H2,1-4H3. The number of aryl methyl sites for hydroxylation is 1. The van der Waals surface area contributed by atoms with Crippen LogP contribution >= 0.6 is 0 Å². The van der Waals surface area contributed by atoms with Gasteiger partial charge < -0.3 is 0 Å². The van der Waals surface area contributed by atoms with E-state index in [2.05, 4.69) is 45.9 Å². The van der Waals surface area contributed by atoms with E-state index in [0.29, 0.717) is 5.92 Å². The summed E-state index contributed by atoms with van der Waals surface area (Å²) in [5, 5.41) is 0. The fourth-order valence-electron chi connectivity index (χ4n) is 2.93. The van der Waals surface area contributed by atoms with Crippen LogP contribution in [0.25, 0.3) is 0 Å². The summed E-state index contributed by atoms with van der Waals surface area (Å²) in [6.45, 7) is 9.34. The number of hydrogen-bond donors (Lipinski definition) is 0. The van der Waals surface area contributed by atoms with Crippen LogP contribution in [0.4, 0.5) is 0 Å². The Morgan fingerprint density at radius 1 is 1.13 bits per heavy atom. The second-order valence-corrected chi connectivity index (χ2v) is 5.46. The highest BCUT2D eigenvalue weighted by Gasteiger charge is 2.27. The van der Waals surface area contributed by atoms with E-state index in [1.54, 1.807) is 16.7 Å². The predicted molar refractivity (Wildman–Crippen MR) is 66.4 cm³/mol. The molecule has 1 aliphatic carbocycles. The summed E-state index contributed by atoms with van der Waals surface area (Å²) in [4.78, 5) is 0. The van der Waals surface area contributed by atoms with Gasteiger partial charge in [-0.25, -0.2) is 0 Å². The third-order valence-corrected chi connectivity index (χ3v) is 3.75. The Morgan fingerprint density at radius 3 is 2.47 bits per heavy atom. The SMILES string of the molecule is CC(C)c1cccc2c1C(C(C)C)CC2. The molecular weight excluding hydrogens is 180 g/mol. The molecule has 0 amide bonds. The molecule has 0 N–H and O–H groups in total. The van der Waals surface area contributed by atoms with Crippen molar-refractivity contribution in [3.05, 3.63) is 34.9 Å². The predicted octanol–water partition coefficient (Wildman–Crippen LogP) is 4.50. The van der Waals surface area contributed by atoms with Crippen LogP contribution in [0.5, 0.6) is 0 Å². The third-order valence-electron chi connectivity index (χ3n) is 3.75. The molecule has 1 unspecified atom stereocenters. The molecule has 0 saturated carbocycles. The molecule has 1 atom stereocenters. The van der Waals surface area contributed by atoms with E-state index in [-0.39, 0.29) is 0 Å². The topological polar surface area (TPSA) is 0 Å². The number of hydrogen-bond acceptors (Lipinski definition) is 0. The van der Waals surface area contributed by atoms with Crippen molar-refractivity contribution in [3.63, 3.8) is 0 Å². The van der Waals surface area contributed by atoms with Crippen molar-refractivity contribution in [2.45, 2.75) is 52.4 Å². The quantitative estimate of drug-likeness (QED) is 0.662. The van der Waals surface area contributed by atoms with Crippen LogP contribution in [-0.4, -0.2) is 0 Å². The maximum absolute atomic E-state index is 2.36. The summed E-state index contributed by atoms with van der Waals surface area (Å²) >= 11 is 0. The zero-order valence-electron chi connectivity index (χ0n) is 10.4. The maximum Gasteiger partial charge on any atom is -0.0130 e. The molecule has 0 heterocycles. The second kappa shape index (κ2) is 4.00. The van der Waals surface area contributed by atoms with Gasteiger partial charge in [0, 0.05) is 0 Å². The van der Waals surface area contributed by atoms with Gasteiger partial charge in [0.05, 0.1) is 0 Å². The largest absolute Gasteiger partial charge is 0.0622 e. The van der Waals surface area contributed by atoms with E-state index >= 15 is 0 Å². The summed E-state index contributed by atoms with van der Waals surface area (Å²) in [5.74, 6) is 2.25. The van der Waals surface area contributed by atoms with E-state index < -0.39 is 0 Å². The molecule has 82 valence electrons. The van der Waals surface area contributed by atoms with E-state index in [4.69, 9.17) is 0 Å². The fourth-order valence-corrected chi connectivity index (χ4v) is 2.93. The van der Waals surface area contributed by atoms with Gasteiger partial charge in [-0.2, -0.15) is 0 Å².